The highest BCUT2D eigenvalue weighted by Crippen LogP contribution is 2.38. The summed E-state index contributed by atoms with van der Waals surface area (Å²) in [7, 11) is 0. The van der Waals surface area contributed by atoms with Gasteiger partial charge in [-0.3, -0.25) is 9.69 Å². The number of hydrogen-bond donors (Lipinski definition) is 2. The number of carbonyl (C=O) groups excluding carboxylic acids is 1. The maximum Gasteiger partial charge on any atom is 0.231 e. The quantitative estimate of drug-likeness (QED) is 0.675. The van der Waals surface area contributed by atoms with Crippen LogP contribution in [0.3, 0.4) is 0 Å². The highest BCUT2D eigenvalue weighted by atomic mass is 35.5. The van der Waals surface area contributed by atoms with Gasteiger partial charge in [-0.25, -0.2) is 0 Å². The molecule has 0 aromatic heterocycles. The first-order valence-corrected chi connectivity index (χ1v) is 10.6. The average molecular weight is 449 g/mol. The minimum atomic E-state index is -0.250. The van der Waals surface area contributed by atoms with Gasteiger partial charge in [0.25, 0.3) is 0 Å². The molecule has 0 aliphatic carbocycles. The number of rotatable bonds is 5. The molecule has 2 aromatic carbocycles. The predicted molar refractivity (Wildman–Crippen MR) is 113 cm³/mol. The fourth-order valence-electron chi connectivity index (χ4n) is 3.87. The van der Waals surface area contributed by atoms with E-state index in [1.54, 1.807) is 24.3 Å². The van der Waals surface area contributed by atoms with E-state index < -0.39 is 0 Å². The van der Waals surface area contributed by atoms with E-state index in [0.717, 1.165) is 26.2 Å². The third-order valence-corrected chi connectivity index (χ3v) is 6.28. The molecule has 2 N–H and O–H groups in total. The number of β-amino-alcohol motifs (C(OH)–C–C–N with tert-alkyl or cyclic N) is 1. The maximum absolute atomic E-state index is 12.8. The molecule has 0 bridgehead atoms. The van der Waals surface area contributed by atoms with Crippen LogP contribution in [-0.2, 0) is 6.54 Å². The van der Waals surface area contributed by atoms with Gasteiger partial charge in [0.2, 0.25) is 5.78 Å². The molecule has 0 spiro atoms. The van der Waals surface area contributed by atoms with Gasteiger partial charge in [0.15, 0.2) is 5.76 Å². The van der Waals surface area contributed by atoms with E-state index in [-0.39, 0.29) is 23.9 Å². The molecule has 4 rings (SSSR count). The van der Waals surface area contributed by atoms with Crippen molar-refractivity contribution in [1.82, 2.24) is 4.90 Å². The molecule has 0 radical (unpaired) electrons. The lowest BCUT2D eigenvalue weighted by molar-refractivity contribution is -0.918. The van der Waals surface area contributed by atoms with Crippen molar-refractivity contribution in [2.75, 3.05) is 39.3 Å². The Bertz CT molecular complexity index is 1000. The van der Waals surface area contributed by atoms with Gasteiger partial charge in [0.05, 0.1) is 35.3 Å². The zero-order chi connectivity index (χ0) is 21.3. The second-order valence-corrected chi connectivity index (χ2v) is 8.34. The van der Waals surface area contributed by atoms with Crippen molar-refractivity contribution in [3.8, 4) is 11.5 Å². The Morgan fingerprint density at radius 3 is 2.63 bits per heavy atom. The van der Waals surface area contributed by atoms with Crippen LogP contribution in [0.25, 0.3) is 6.08 Å². The van der Waals surface area contributed by atoms with Crippen LogP contribution in [0.15, 0.2) is 36.1 Å². The molecule has 0 amide bonds. The van der Waals surface area contributed by atoms with Gasteiger partial charge in [-0.1, -0.05) is 41.1 Å². The summed E-state index contributed by atoms with van der Waals surface area (Å²) in [5, 5.41) is 22.5. The number of halogens is 2. The van der Waals surface area contributed by atoms with Crippen LogP contribution in [0.2, 0.25) is 10.0 Å². The summed E-state index contributed by atoms with van der Waals surface area (Å²) < 4.78 is 5.89. The first-order valence-electron chi connectivity index (χ1n) is 9.85. The van der Waals surface area contributed by atoms with Gasteiger partial charge >= 0.3 is 0 Å². The second-order valence-electron chi connectivity index (χ2n) is 7.52. The van der Waals surface area contributed by atoms with Gasteiger partial charge in [0.1, 0.15) is 12.3 Å². The molecule has 2 aromatic rings. The highest BCUT2D eigenvalue weighted by Gasteiger charge is 2.31. The van der Waals surface area contributed by atoms with Crippen molar-refractivity contribution in [3.05, 3.63) is 62.8 Å². The minimum Gasteiger partial charge on any atom is -0.872 e. The highest BCUT2D eigenvalue weighted by molar-refractivity contribution is 6.42. The molecule has 6 nitrogen and oxygen atoms in total. The van der Waals surface area contributed by atoms with Crippen LogP contribution in [0.1, 0.15) is 21.5 Å². The lowest BCUT2D eigenvalue weighted by Crippen LogP contribution is -3.13. The predicted octanol–water partition coefficient (Wildman–Crippen LogP) is 1.38. The number of fused-ring (bicyclic) bond motifs is 1. The van der Waals surface area contributed by atoms with Crippen molar-refractivity contribution in [1.29, 1.82) is 0 Å². The molecule has 0 saturated carbocycles. The molecule has 0 atom stereocenters. The number of benzene rings is 2. The molecule has 1 fully saturated rings. The minimum absolute atomic E-state index is 0.123. The second kappa shape index (κ2) is 8.96. The number of ketones is 1. The monoisotopic (exact) mass is 448 g/mol. The van der Waals surface area contributed by atoms with E-state index in [2.05, 4.69) is 4.90 Å². The van der Waals surface area contributed by atoms with E-state index in [1.165, 1.54) is 17.0 Å². The number of aliphatic hydroxyl groups is 1. The van der Waals surface area contributed by atoms with Gasteiger partial charge in [-0.15, -0.1) is 0 Å². The largest absolute Gasteiger partial charge is 0.872 e. The lowest BCUT2D eigenvalue weighted by atomic mass is 10.0. The molecule has 158 valence electrons. The standard InChI is InChI=1S/C22H22Cl2N2O4/c23-17-3-1-14(11-18(17)24)12-20-21(29)15-2-4-19(28)16(22(15)30-20)13-26-7-5-25(6-8-26)9-10-27/h1-4,11-12,27-28H,5-10,13H2/b20-12-. The Morgan fingerprint density at radius 2 is 1.93 bits per heavy atom. The van der Waals surface area contributed by atoms with E-state index in [4.69, 9.17) is 33.0 Å². The van der Waals surface area contributed by atoms with E-state index in [1.807, 2.05) is 0 Å². The number of nitrogens with zero attached hydrogens (tertiary/aromatic N) is 1. The van der Waals surface area contributed by atoms with Crippen LogP contribution in [0.4, 0.5) is 0 Å². The van der Waals surface area contributed by atoms with Gasteiger partial charge in [-0.05, 0) is 29.8 Å². The van der Waals surface area contributed by atoms with Crippen molar-refractivity contribution in [2.45, 2.75) is 6.54 Å². The molecule has 30 heavy (non-hydrogen) atoms. The smallest absolute Gasteiger partial charge is 0.231 e. The fraction of sp³-hybridized carbons (Fsp3) is 0.318. The fourth-order valence-corrected chi connectivity index (χ4v) is 4.18. The number of carbonyl (C=O) groups is 1. The Kier molecular flexibility index (Phi) is 6.32. The number of ether oxygens (including phenoxy) is 1. The molecular formula is C22H22Cl2N2O4. The maximum atomic E-state index is 12.8. The van der Waals surface area contributed by atoms with E-state index in [0.29, 0.717) is 45.6 Å². The van der Waals surface area contributed by atoms with Crippen molar-refractivity contribution in [2.24, 2.45) is 0 Å². The van der Waals surface area contributed by atoms with Crippen LogP contribution in [0, 0.1) is 0 Å². The third kappa shape index (κ3) is 4.33. The summed E-state index contributed by atoms with van der Waals surface area (Å²) >= 11 is 12.0. The third-order valence-electron chi connectivity index (χ3n) is 5.55. The topological polar surface area (TPSA) is 77.3 Å². The zero-order valence-electron chi connectivity index (χ0n) is 16.3. The van der Waals surface area contributed by atoms with Crippen LogP contribution in [-0.4, -0.2) is 55.1 Å². The SMILES string of the molecule is O=C1/C(=C/c2ccc(Cl)c(Cl)c2)Oc2c1ccc([O-])c2C[NH+]1CCN(CCO)CC1. The summed E-state index contributed by atoms with van der Waals surface area (Å²) in [5.41, 5.74) is 1.63. The molecule has 1 saturated heterocycles. The first kappa shape index (κ1) is 21.2. The van der Waals surface area contributed by atoms with Crippen LogP contribution in [0.5, 0.6) is 11.5 Å². The lowest BCUT2D eigenvalue weighted by Gasteiger charge is -2.32. The number of piperazine rings is 1. The number of hydrogen-bond acceptors (Lipinski definition) is 5. The van der Waals surface area contributed by atoms with E-state index >= 15 is 0 Å². The van der Waals surface area contributed by atoms with Gasteiger partial charge in [-0.2, -0.15) is 0 Å². The Balaban J connectivity index is 1.55. The van der Waals surface area contributed by atoms with Crippen molar-refractivity contribution >= 4 is 35.1 Å². The molecule has 2 aliphatic heterocycles. The number of quaternary nitrogens is 1. The number of aliphatic hydroxyl groups excluding tert-OH is 1. The summed E-state index contributed by atoms with van der Waals surface area (Å²) in [6, 6.07) is 8.04. The average Bonchev–Trinajstić information content (AvgIpc) is 3.04. The number of allylic oxidation sites excluding steroid dienone is 1. The van der Waals surface area contributed by atoms with Crippen molar-refractivity contribution < 1.29 is 24.6 Å². The summed E-state index contributed by atoms with van der Waals surface area (Å²) in [6.07, 6.45) is 1.61. The Hall–Kier alpha value is -2.09. The summed E-state index contributed by atoms with van der Waals surface area (Å²) in [6.45, 7) is 4.77. The number of nitrogens with one attached hydrogen (secondary N) is 1. The molecule has 2 heterocycles. The Morgan fingerprint density at radius 1 is 1.17 bits per heavy atom. The van der Waals surface area contributed by atoms with E-state index in [9.17, 15) is 9.90 Å². The van der Waals surface area contributed by atoms with Crippen LogP contribution >= 0.6 is 23.2 Å². The van der Waals surface area contributed by atoms with Crippen molar-refractivity contribution in [3.63, 3.8) is 0 Å². The number of Topliss-reactive ketones (excluding diaryl/α,β-unsaturated/α-hetero) is 1. The Labute approximate surface area is 184 Å². The normalized spacial score (nSPS) is 18.6. The zero-order valence-corrected chi connectivity index (χ0v) is 17.8. The molecular weight excluding hydrogens is 427 g/mol. The molecule has 8 heteroatoms. The summed E-state index contributed by atoms with van der Waals surface area (Å²) in [4.78, 5) is 16.3. The van der Waals surface area contributed by atoms with Gasteiger partial charge in [0, 0.05) is 25.2 Å². The summed E-state index contributed by atoms with van der Waals surface area (Å²) in [5.74, 6) is 0.157. The van der Waals surface area contributed by atoms with Crippen LogP contribution < -0.4 is 14.7 Å². The molecule has 0 unspecified atom stereocenters. The molecule has 2 aliphatic rings. The van der Waals surface area contributed by atoms with Gasteiger partial charge < -0.3 is 19.8 Å². The first-order chi connectivity index (χ1) is 14.5.